The first kappa shape index (κ1) is 18.3. The summed E-state index contributed by atoms with van der Waals surface area (Å²) in [6.07, 6.45) is 9.08. The van der Waals surface area contributed by atoms with E-state index < -0.39 is 20.5 Å². The van der Waals surface area contributed by atoms with E-state index in [1.165, 1.54) is 18.2 Å². The number of halogens is 1. The van der Waals surface area contributed by atoms with Crippen LogP contribution in [0.3, 0.4) is 0 Å². The lowest BCUT2D eigenvalue weighted by Gasteiger charge is -2.46. The first-order chi connectivity index (χ1) is 13.0. The molecular formula is C20H22FN3O2S. The van der Waals surface area contributed by atoms with Crippen molar-refractivity contribution in [1.29, 1.82) is 0 Å². The Hall–Kier alpha value is -2.09. The Morgan fingerprint density at radius 1 is 1.15 bits per heavy atom. The normalized spacial score (nSPS) is 26.4. The second kappa shape index (κ2) is 6.82. The summed E-state index contributed by atoms with van der Waals surface area (Å²) in [7, 11) is -2.09. The van der Waals surface area contributed by atoms with Gasteiger partial charge in [-0.05, 0) is 30.8 Å². The second-order valence-electron chi connectivity index (χ2n) is 6.99. The number of aliphatic imine (C=N–C) groups is 1. The van der Waals surface area contributed by atoms with E-state index in [0.717, 1.165) is 18.7 Å². The molecular weight excluding hydrogens is 365 g/mol. The van der Waals surface area contributed by atoms with Crippen molar-refractivity contribution in [3.63, 3.8) is 0 Å². The molecule has 142 valence electrons. The standard InChI is InChI=1S/C20H22FN3O2S/c1-23-12-14-24(15-13-23)20(10-4-6-16-7-5-11-22-19(16)20)27(25,26)18-9-3-2-8-17(18)21/h2-10H,11-15H2,1H3. The fourth-order valence-electron chi connectivity index (χ4n) is 3.92. The Labute approximate surface area is 159 Å². The first-order valence-corrected chi connectivity index (χ1v) is 10.5. The van der Waals surface area contributed by atoms with E-state index in [0.29, 0.717) is 25.3 Å². The highest BCUT2D eigenvalue weighted by Gasteiger charge is 2.54. The number of likely N-dealkylation sites (N-methyl/N-ethyl adjacent to an activating group) is 1. The maximum atomic E-state index is 14.6. The average Bonchev–Trinajstić information content (AvgIpc) is 2.68. The van der Waals surface area contributed by atoms with E-state index in [9.17, 15) is 12.8 Å². The number of rotatable bonds is 3. The lowest BCUT2D eigenvalue weighted by atomic mass is 9.93. The number of piperazine rings is 1. The highest BCUT2D eigenvalue weighted by Crippen LogP contribution is 2.39. The molecule has 4 rings (SSSR count). The molecule has 0 amide bonds. The molecule has 5 nitrogen and oxygen atoms in total. The van der Waals surface area contributed by atoms with Gasteiger partial charge < -0.3 is 4.90 Å². The molecule has 1 aliphatic carbocycles. The molecule has 1 atom stereocenters. The summed E-state index contributed by atoms with van der Waals surface area (Å²) in [5.74, 6) is -0.734. The van der Waals surface area contributed by atoms with Crippen molar-refractivity contribution in [2.24, 2.45) is 4.99 Å². The van der Waals surface area contributed by atoms with Crippen molar-refractivity contribution < 1.29 is 12.8 Å². The Morgan fingerprint density at radius 3 is 2.63 bits per heavy atom. The minimum atomic E-state index is -4.10. The zero-order valence-corrected chi connectivity index (χ0v) is 16.0. The van der Waals surface area contributed by atoms with E-state index in [2.05, 4.69) is 9.89 Å². The molecule has 27 heavy (non-hydrogen) atoms. The SMILES string of the molecule is CN1CCN(C2(S(=O)(=O)c3ccccc3F)C=CC=C3C=CCN=C32)CC1. The maximum Gasteiger partial charge on any atom is 0.209 e. The molecule has 2 aliphatic heterocycles. The van der Waals surface area contributed by atoms with Crippen LogP contribution in [0.2, 0.25) is 0 Å². The zero-order valence-electron chi connectivity index (χ0n) is 15.2. The van der Waals surface area contributed by atoms with Gasteiger partial charge in [0.05, 0.1) is 12.3 Å². The minimum Gasteiger partial charge on any atom is -0.304 e. The fraction of sp³-hybridized carbons (Fsp3) is 0.350. The number of nitrogens with zero attached hydrogens (tertiary/aromatic N) is 3. The Bertz CT molecular complexity index is 973. The quantitative estimate of drug-likeness (QED) is 0.797. The molecule has 7 heteroatoms. The molecule has 0 saturated carbocycles. The molecule has 0 bridgehead atoms. The number of sulfone groups is 1. The third-order valence-corrected chi connectivity index (χ3v) is 7.69. The number of dihydropyridines is 1. The Morgan fingerprint density at radius 2 is 1.89 bits per heavy atom. The molecule has 0 aromatic heterocycles. The van der Waals surface area contributed by atoms with Crippen LogP contribution in [0.4, 0.5) is 4.39 Å². The number of hydrogen-bond acceptors (Lipinski definition) is 5. The Balaban J connectivity index is 1.93. The van der Waals surface area contributed by atoms with Crippen LogP contribution >= 0.6 is 0 Å². The number of hydrogen-bond donors (Lipinski definition) is 0. The van der Waals surface area contributed by atoms with Gasteiger partial charge in [0, 0.05) is 26.2 Å². The highest BCUT2D eigenvalue weighted by atomic mass is 32.2. The largest absolute Gasteiger partial charge is 0.304 e. The van der Waals surface area contributed by atoms with Gasteiger partial charge in [0.25, 0.3) is 0 Å². The summed E-state index contributed by atoms with van der Waals surface area (Å²) in [4.78, 5) is 6.88. The van der Waals surface area contributed by atoms with Crippen molar-refractivity contribution in [2.75, 3.05) is 39.8 Å². The lowest BCUT2D eigenvalue weighted by Crippen LogP contribution is -2.64. The molecule has 3 aliphatic rings. The molecule has 1 saturated heterocycles. The maximum absolute atomic E-state index is 14.6. The van der Waals surface area contributed by atoms with Crippen LogP contribution in [-0.2, 0) is 9.84 Å². The van der Waals surface area contributed by atoms with Gasteiger partial charge in [0.1, 0.15) is 10.7 Å². The first-order valence-electron chi connectivity index (χ1n) is 9.01. The minimum absolute atomic E-state index is 0.285. The summed E-state index contributed by atoms with van der Waals surface area (Å²) in [6, 6.07) is 5.59. The van der Waals surface area contributed by atoms with Gasteiger partial charge in [-0.25, -0.2) is 12.8 Å². The molecule has 0 radical (unpaired) electrons. The van der Waals surface area contributed by atoms with Crippen molar-refractivity contribution in [3.8, 4) is 0 Å². The molecule has 1 unspecified atom stereocenters. The molecule has 1 fully saturated rings. The third-order valence-electron chi connectivity index (χ3n) is 5.37. The molecule has 0 N–H and O–H groups in total. The van der Waals surface area contributed by atoms with Crippen LogP contribution in [0, 0.1) is 5.82 Å². The van der Waals surface area contributed by atoms with Crippen molar-refractivity contribution in [1.82, 2.24) is 9.80 Å². The Kier molecular flexibility index (Phi) is 4.61. The average molecular weight is 387 g/mol. The van der Waals surface area contributed by atoms with Crippen molar-refractivity contribution in [3.05, 3.63) is 66.0 Å². The van der Waals surface area contributed by atoms with Crippen LogP contribution in [0.5, 0.6) is 0 Å². The smallest absolute Gasteiger partial charge is 0.209 e. The molecule has 1 aromatic carbocycles. The number of benzene rings is 1. The van der Waals surface area contributed by atoms with E-state index in [-0.39, 0.29) is 4.90 Å². The summed E-state index contributed by atoms with van der Waals surface area (Å²) < 4.78 is 42.3. The topological polar surface area (TPSA) is 53.0 Å². The van der Waals surface area contributed by atoms with Gasteiger partial charge in [-0.3, -0.25) is 9.89 Å². The monoisotopic (exact) mass is 387 g/mol. The summed E-state index contributed by atoms with van der Waals surface area (Å²) in [5.41, 5.74) is 1.25. The van der Waals surface area contributed by atoms with Gasteiger partial charge in [-0.2, -0.15) is 0 Å². The van der Waals surface area contributed by atoms with Gasteiger partial charge in [-0.1, -0.05) is 36.4 Å². The predicted octanol–water partition coefficient (Wildman–Crippen LogP) is 2.05. The van der Waals surface area contributed by atoms with E-state index in [4.69, 9.17) is 0 Å². The van der Waals surface area contributed by atoms with Crippen LogP contribution in [0.15, 0.2) is 70.1 Å². The van der Waals surface area contributed by atoms with Crippen LogP contribution in [0.25, 0.3) is 0 Å². The van der Waals surface area contributed by atoms with E-state index in [1.807, 2.05) is 30.2 Å². The molecule has 2 heterocycles. The van der Waals surface area contributed by atoms with Gasteiger partial charge >= 0.3 is 0 Å². The lowest BCUT2D eigenvalue weighted by molar-refractivity contribution is 0.135. The highest BCUT2D eigenvalue weighted by molar-refractivity contribution is 7.93. The van der Waals surface area contributed by atoms with Crippen LogP contribution in [-0.4, -0.2) is 68.6 Å². The summed E-state index contributed by atoms with van der Waals surface area (Å²) >= 11 is 0. The zero-order chi connectivity index (χ0) is 19.1. The fourth-order valence-corrected chi connectivity index (χ4v) is 6.06. The summed E-state index contributed by atoms with van der Waals surface area (Å²) in [6.45, 7) is 3.02. The third kappa shape index (κ3) is 2.81. The van der Waals surface area contributed by atoms with Crippen molar-refractivity contribution >= 4 is 15.5 Å². The van der Waals surface area contributed by atoms with Crippen molar-refractivity contribution in [2.45, 2.75) is 9.77 Å². The molecule has 0 spiro atoms. The van der Waals surface area contributed by atoms with Gasteiger partial charge in [0.15, 0.2) is 4.87 Å². The van der Waals surface area contributed by atoms with Gasteiger partial charge in [-0.15, -0.1) is 0 Å². The summed E-state index contributed by atoms with van der Waals surface area (Å²) in [5, 5.41) is 0. The number of allylic oxidation sites excluding steroid dienone is 3. The van der Waals surface area contributed by atoms with Crippen LogP contribution < -0.4 is 0 Å². The molecule has 1 aromatic rings. The van der Waals surface area contributed by atoms with E-state index >= 15 is 0 Å². The van der Waals surface area contributed by atoms with Crippen LogP contribution in [0.1, 0.15) is 0 Å². The second-order valence-corrected chi connectivity index (χ2v) is 9.06. The van der Waals surface area contributed by atoms with E-state index in [1.54, 1.807) is 18.2 Å². The van der Waals surface area contributed by atoms with Gasteiger partial charge in [0.2, 0.25) is 9.84 Å². The predicted molar refractivity (Wildman–Crippen MR) is 104 cm³/mol. The number of fused-ring (bicyclic) bond motifs is 1.